The van der Waals surface area contributed by atoms with E-state index in [2.05, 4.69) is 10.4 Å². The Morgan fingerprint density at radius 2 is 2.05 bits per heavy atom. The van der Waals surface area contributed by atoms with E-state index >= 15 is 0 Å². The van der Waals surface area contributed by atoms with Crippen LogP contribution in [0.1, 0.15) is 13.3 Å². The van der Waals surface area contributed by atoms with Crippen LogP contribution < -0.4 is 11.3 Å². The van der Waals surface area contributed by atoms with Gasteiger partial charge in [0.2, 0.25) is 0 Å². The van der Waals surface area contributed by atoms with Gasteiger partial charge in [0.25, 0.3) is 10.0 Å². The van der Waals surface area contributed by atoms with Crippen molar-refractivity contribution in [3.63, 3.8) is 0 Å². The smallest absolute Gasteiger partial charge is 0.262 e. The zero-order valence-electron chi connectivity index (χ0n) is 12.2. The molecule has 8 heteroatoms. The second-order valence-corrected chi connectivity index (χ2v) is 6.51. The van der Waals surface area contributed by atoms with Crippen LogP contribution in [0.5, 0.6) is 0 Å². The summed E-state index contributed by atoms with van der Waals surface area (Å²) in [6.07, 6.45) is 2.21. The van der Waals surface area contributed by atoms with E-state index in [1.165, 1.54) is 10.5 Å². The number of aromatic nitrogens is 1. The average Bonchev–Trinajstić information content (AvgIpc) is 2.43. The lowest BCUT2D eigenvalue weighted by atomic mass is 10.4. The van der Waals surface area contributed by atoms with E-state index in [-0.39, 0.29) is 5.03 Å². The fourth-order valence-electron chi connectivity index (χ4n) is 1.84. The summed E-state index contributed by atoms with van der Waals surface area (Å²) >= 11 is 0. The molecule has 0 radical (unpaired) electrons. The Labute approximate surface area is 120 Å². The standard InChI is InChI=1S/C12H23N5O2S/c1-4-17(10-6-9-16(2)3)20(18,19)12-11(15-13)7-5-8-14-12/h5,7-8,15H,4,6,9-10,13H2,1-3H3. The van der Waals surface area contributed by atoms with E-state index < -0.39 is 10.0 Å². The van der Waals surface area contributed by atoms with Crippen molar-refractivity contribution >= 4 is 15.7 Å². The predicted octanol–water partition coefficient (Wildman–Crippen LogP) is 0.330. The first kappa shape index (κ1) is 16.8. The summed E-state index contributed by atoms with van der Waals surface area (Å²) in [6.45, 7) is 3.50. The van der Waals surface area contributed by atoms with Gasteiger partial charge >= 0.3 is 0 Å². The molecule has 0 aliphatic rings. The number of sulfonamides is 1. The van der Waals surface area contributed by atoms with E-state index in [0.717, 1.165) is 13.0 Å². The van der Waals surface area contributed by atoms with Gasteiger partial charge in [0.1, 0.15) is 0 Å². The minimum absolute atomic E-state index is 0.0331. The van der Waals surface area contributed by atoms with Gasteiger partial charge in [-0.2, -0.15) is 4.31 Å². The van der Waals surface area contributed by atoms with E-state index in [4.69, 9.17) is 5.84 Å². The summed E-state index contributed by atoms with van der Waals surface area (Å²) in [5.41, 5.74) is 2.68. The molecular formula is C12H23N5O2S. The normalized spacial score (nSPS) is 12.1. The zero-order valence-corrected chi connectivity index (χ0v) is 13.0. The highest BCUT2D eigenvalue weighted by molar-refractivity contribution is 7.89. The highest BCUT2D eigenvalue weighted by Crippen LogP contribution is 2.21. The lowest BCUT2D eigenvalue weighted by Crippen LogP contribution is -2.34. The molecule has 0 unspecified atom stereocenters. The number of nitrogens with one attached hydrogen (secondary N) is 1. The second-order valence-electron chi connectivity index (χ2n) is 4.65. The Morgan fingerprint density at radius 3 is 2.60 bits per heavy atom. The molecule has 20 heavy (non-hydrogen) atoms. The van der Waals surface area contributed by atoms with Crippen molar-refractivity contribution in [1.29, 1.82) is 0 Å². The van der Waals surface area contributed by atoms with Gasteiger partial charge in [-0.1, -0.05) is 6.92 Å². The highest BCUT2D eigenvalue weighted by atomic mass is 32.2. The maximum absolute atomic E-state index is 12.6. The van der Waals surface area contributed by atoms with Gasteiger partial charge in [-0.25, -0.2) is 13.4 Å². The zero-order chi connectivity index (χ0) is 15.2. The van der Waals surface area contributed by atoms with Gasteiger partial charge in [0, 0.05) is 19.3 Å². The Balaban J connectivity index is 2.94. The molecule has 0 fully saturated rings. The number of nitrogen functional groups attached to an aromatic ring is 1. The molecule has 1 heterocycles. The van der Waals surface area contributed by atoms with E-state index in [0.29, 0.717) is 18.8 Å². The number of nitrogens with two attached hydrogens (primary N) is 1. The fourth-order valence-corrected chi connectivity index (χ4v) is 3.39. The monoisotopic (exact) mass is 301 g/mol. The van der Waals surface area contributed by atoms with Crippen LogP contribution in [-0.4, -0.2) is 56.3 Å². The Kier molecular flexibility index (Phi) is 6.34. The lowest BCUT2D eigenvalue weighted by Gasteiger charge is -2.21. The number of hydrogen-bond acceptors (Lipinski definition) is 6. The Hall–Kier alpha value is -1.22. The molecule has 0 aromatic carbocycles. The number of rotatable bonds is 8. The summed E-state index contributed by atoms with van der Waals surface area (Å²) in [5, 5.41) is -0.0331. The van der Waals surface area contributed by atoms with E-state index in [1.807, 2.05) is 25.9 Å². The number of pyridine rings is 1. The van der Waals surface area contributed by atoms with Crippen LogP contribution in [0.25, 0.3) is 0 Å². The molecule has 114 valence electrons. The predicted molar refractivity (Wildman–Crippen MR) is 79.7 cm³/mol. The third kappa shape index (κ3) is 4.14. The quantitative estimate of drug-likeness (QED) is 0.531. The Bertz CT molecular complexity index is 518. The molecule has 3 N–H and O–H groups in total. The molecule has 0 bridgehead atoms. The van der Waals surface area contributed by atoms with Crippen LogP contribution in [0.15, 0.2) is 23.4 Å². The molecule has 0 spiro atoms. The van der Waals surface area contributed by atoms with E-state index in [1.54, 1.807) is 12.1 Å². The van der Waals surface area contributed by atoms with Crippen molar-refractivity contribution in [1.82, 2.24) is 14.2 Å². The summed E-state index contributed by atoms with van der Waals surface area (Å²) in [4.78, 5) is 5.97. The van der Waals surface area contributed by atoms with Crippen LogP contribution in [0, 0.1) is 0 Å². The topological polar surface area (TPSA) is 91.6 Å². The maximum Gasteiger partial charge on any atom is 0.262 e. The molecular weight excluding hydrogens is 278 g/mol. The Morgan fingerprint density at radius 1 is 1.35 bits per heavy atom. The molecule has 0 atom stereocenters. The molecule has 1 aromatic rings. The fraction of sp³-hybridized carbons (Fsp3) is 0.583. The van der Waals surface area contributed by atoms with Gasteiger partial charge in [0.05, 0.1) is 5.69 Å². The van der Waals surface area contributed by atoms with Crippen molar-refractivity contribution in [2.45, 2.75) is 18.4 Å². The first-order valence-electron chi connectivity index (χ1n) is 6.50. The van der Waals surface area contributed by atoms with Crippen molar-refractivity contribution in [2.75, 3.05) is 39.2 Å². The third-order valence-corrected chi connectivity index (χ3v) is 4.81. The minimum atomic E-state index is -3.63. The lowest BCUT2D eigenvalue weighted by molar-refractivity contribution is 0.355. The summed E-state index contributed by atoms with van der Waals surface area (Å²) in [6, 6.07) is 3.23. The minimum Gasteiger partial charge on any atom is -0.321 e. The molecule has 0 saturated heterocycles. The number of nitrogens with zero attached hydrogens (tertiary/aromatic N) is 3. The highest BCUT2D eigenvalue weighted by Gasteiger charge is 2.26. The largest absolute Gasteiger partial charge is 0.321 e. The molecule has 0 amide bonds. The van der Waals surface area contributed by atoms with Gasteiger partial charge < -0.3 is 10.3 Å². The van der Waals surface area contributed by atoms with Crippen molar-refractivity contribution in [3.05, 3.63) is 18.3 Å². The molecule has 0 saturated carbocycles. The average molecular weight is 301 g/mol. The first-order chi connectivity index (χ1) is 9.43. The number of hydrogen-bond donors (Lipinski definition) is 2. The van der Waals surface area contributed by atoms with Gasteiger partial charge in [-0.15, -0.1) is 0 Å². The SMILES string of the molecule is CCN(CCCN(C)C)S(=O)(=O)c1ncccc1NN. The van der Waals surface area contributed by atoms with Crippen LogP contribution in [0.3, 0.4) is 0 Å². The summed E-state index contributed by atoms with van der Waals surface area (Å²) < 4.78 is 26.6. The van der Waals surface area contributed by atoms with Crippen LogP contribution in [-0.2, 0) is 10.0 Å². The van der Waals surface area contributed by atoms with E-state index in [9.17, 15) is 8.42 Å². The number of hydrazine groups is 1. The number of anilines is 1. The third-order valence-electron chi connectivity index (χ3n) is 2.88. The summed E-state index contributed by atoms with van der Waals surface area (Å²) in [7, 11) is 0.286. The van der Waals surface area contributed by atoms with Gasteiger partial charge in [-0.3, -0.25) is 5.84 Å². The van der Waals surface area contributed by atoms with Crippen LogP contribution >= 0.6 is 0 Å². The van der Waals surface area contributed by atoms with Crippen molar-refractivity contribution < 1.29 is 8.42 Å². The second kappa shape index (κ2) is 7.53. The van der Waals surface area contributed by atoms with Crippen molar-refractivity contribution in [3.8, 4) is 0 Å². The molecule has 1 aromatic heterocycles. The van der Waals surface area contributed by atoms with Crippen molar-refractivity contribution in [2.24, 2.45) is 5.84 Å². The summed E-state index contributed by atoms with van der Waals surface area (Å²) in [5.74, 6) is 5.35. The maximum atomic E-state index is 12.6. The van der Waals surface area contributed by atoms with Gasteiger partial charge in [-0.05, 0) is 39.2 Å². The molecule has 0 aliphatic carbocycles. The van der Waals surface area contributed by atoms with Gasteiger partial charge in [0.15, 0.2) is 5.03 Å². The molecule has 7 nitrogen and oxygen atoms in total. The molecule has 0 aliphatic heterocycles. The van der Waals surface area contributed by atoms with Crippen LogP contribution in [0.2, 0.25) is 0 Å². The first-order valence-corrected chi connectivity index (χ1v) is 7.94. The van der Waals surface area contributed by atoms with Crippen LogP contribution in [0.4, 0.5) is 5.69 Å². The molecule has 1 rings (SSSR count).